The number of carbonyl (C=O) groups excluding carboxylic acids is 1. The van der Waals surface area contributed by atoms with Gasteiger partial charge in [-0.3, -0.25) is 4.79 Å². The topological polar surface area (TPSA) is 83.2 Å². The largest absolute Gasteiger partial charge is 0.484 e. The van der Waals surface area contributed by atoms with Crippen LogP contribution in [-0.4, -0.2) is 67.8 Å². The SMILES string of the molecule is CCc1cc(=O)oc2cc(OCC(=O)N3CCC(CO)(CN(C)C)CC3)ccc12. The van der Waals surface area contributed by atoms with Crippen molar-refractivity contribution in [1.29, 1.82) is 0 Å². The van der Waals surface area contributed by atoms with Crippen molar-refractivity contribution in [1.82, 2.24) is 9.80 Å². The Labute approximate surface area is 170 Å². The first-order valence-electron chi connectivity index (χ1n) is 10.1. The van der Waals surface area contributed by atoms with Gasteiger partial charge in [0.25, 0.3) is 5.91 Å². The number of piperidine rings is 1. The summed E-state index contributed by atoms with van der Waals surface area (Å²) in [7, 11) is 4.00. The van der Waals surface area contributed by atoms with Crippen molar-refractivity contribution < 1.29 is 19.1 Å². The number of rotatable bonds is 7. The van der Waals surface area contributed by atoms with Crippen LogP contribution in [-0.2, 0) is 11.2 Å². The first-order valence-corrected chi connectivity index (χ1v) is 10.1. The van der Waals surface area contributed by atoms with Crippen LogP contribution in [0.4, 0.5) is 0 Å². The van der Waals surface area contributed by atoms with Gasteiger partial charge in [0, 0.05) is 42.6 Å². The Kier molecular flexibility index (Phi) is 6.59. The molecule has 1 fully saturated rings. The van der Waals surface area contributed by atoms with Crippen LogP contribution in [0.3, 0.4) is 0 Å². The molecule has 1 aromatic heterocycles. The molecule has 2 heterocycles. The van der Waals surface area contributed by atoms with E-state index in [0.29, 0.717) is 24.4 Å². The van der Waals surface area contributed by atoms with Crippen molar-refractivity contribution in [3.63, 3.8) is 0 Å². The molecule has 1 N–H and O–H groups in total. The number of aliphatic hydroxyl groups excluding tert-OH is 1. The van der Waals surface area contributed by atoms with E-state index in [1.165, 1.54) is 6.07 Å². The fourth-order valence-electron chi connectivity index (χ4n) is 4.10. The van der Waals surface area contributed by atoms with Crippen LogP contribution in [0.1, 0.15) is 25.3 Å². The van der Waals surface area contributed by atoms with Crippen LogP contribution >= 0.6 is 0 Å². The van der Waals surface area contributed by atoms with Gasteiger partial charge in [-0.25, -0.2) is 4.79 Å². The molecule has 1 saturated heterocycles. The number of aryl methyl sites for hydroxylation is 1. The highest BCUT2D eigenvalue weighted by molar-refractivity contribution is 5.82. The number of aliphatic hydroxyl groups is 1. The predicted molar refractivity (Wildman–Crippen MR) is 111 cm³/mol. The van der Waals surface area contributed by atoms with Crippen LogP contribution in [0.5, 0.6) is 5.75 Å². The summed E-state index contributed by atoms with van der Waals surface area (Å²) in [5.41, 5.74) is 0.862. The van der Waals surface area contributed by atoms with E-state index in [2.05, 4.69) is 4.90 Å². The molecule has 0 bridgehead atoms. The Balaban J connectivity index is 1.60. The number of hydrogen-bond acceptors (Lipinski definition) is 6. The highest BCUT2D eigenvalue weighted by Crippen LogP contribution is 2.31. The summed E-state index contributed by atoms with van der Waals surface area (Å²) in [6, 6.07) is 6.81. The van der Waals surface area contributed by atoms with Crippen LogP contribution in [0, 0.1) is 5.41 Å². The molecule has 1 aliphatic heterocycles. The number of benzene rings is 1. The van der Waals surface area contributed by atoms with Crippen molar-refractivity contribution in [3.8, 4) is 5.75 Å². The molecular formula is C22H30N2O5. The van der Waals surface area contributed by atoms with Crippen molar-refractivity contribution in [2.24, 2.45) is 5.41 Å². The molecule has 7 heteroatoms. The molecular weight excluding hydrogens is 372 g/mol. The lowest BCUT2D eigenvalue weighted by Gasteiger charge is -2.42. The molecule has 158 valence electrons. The van der Waals surface area contributed by atoms with Gasteiger partial charge in [0.1, 0.15) is 11.3 Å². The van der Waals surface area contributed by atoms with E-state index in [0.717, 1.165) is 36.8 Å². The van der Waals surface area contributed by atoms with Crippen LogP contribution < -0.4 is 10.4 Å². The van der Waals surface area contributed by atoms with Crippen LogP contribution in [0.15, 0.2) is 33.5 Å². The molecule has 0 spiro atoms. The lowest BCUT2D eigenvalue weighted by molar-refractivity contribution is -0.136. The number of carbonyl (C=O) groups is 1. The molecule has 0 unspecified atom stereocenters. The van der Waals surface area contributed by atoms with Gasteiger partial charge >= 0.3 is 5.63 Å². The summed E-state index contributed by atoms with van der Waals surface area (Å²) in [4.78, 5) is 28.1. The molecule has 0 atom stereocenters. The Morgan fingerprint density at radius 3 is 2.62 bits per heavy atom. The quantitative estimate of drug-likeness (QED) is 0.713. The lowest BCUT2D eigenvalue weighted by Crippen LogP contribution is -2.49. The van der Waals surface area contributed by atoms with E-state index < -0.39 is 0 Å². The number of amides is 1. The van der Waals surface area contributed by atoms with Crippen LogP contribution in [0.25, 0.3) is 11.0 Å². The number of likely N-dealkylation sites (tertiary alicyclic amines) is 1. The minimum atomic E-state index is -0.388. The maximum absolute atomic E-state index is 12.6. The van der Waals surface area contributed by atoms with E-state index >= 15 is 0 Å². The average molecular weight is 402 g/mol. The summed E-state index contributed by atoms with van der Waals surface area (Å²) in [6.07, 6.45) is 2.28. The van der Waals surface area contributed by atoms with E-state index in [1.807, 2.05) is 27.1 Å². The standard InChI is InChI=1S/C22H30N2O5/c1-4-16-11-21(27)29-19-12-17(5-6-18(16)19)28-13-20(26)24-9-7-22(15-25,8-10-24)14-23(2)3/h5-6,11-12,25H,4,7-10,13-15H2,1-3H3. The van der Waals surface area contributed by atoms with Gasteiger partial charge in [0.15, 0.2) is 6.61 Å². The van der Waals surface area contributed by atoms with E-state index in [4.69, 9.17) is 9.15 Å². The normalized spacial score (nSPS) is 16.4. The molecule has 0 radical (unpaired) electrons. The summed E-state index contributed by atoms with van der Waals surface area (Å²) < 4.78 is 11.0. The molecule has 3 rings (SSSR count). The predicted octanol–water partition coefficient (Wildman–Crippen LogP) is 1.90. The van der Waals surface area contributed by atoms with Crippen molar-refractivity contribution in [3.05, 3.63) is 40.2 Å². The third-order valence-corrected chi connectivity index (χ3v) is 5.71. The van der Waals surface area contributed by atoms with Gasteiger partial charge in [0.05, 0.1) is 6.61 Å². The maximum atomic E-state index is 12.6. The van der Waals surface area contributed by atoms with Crippen molar-refractivity contribution in [2.75, 3.05) is 46.9 Å². The molecule has 0 aliphatic carbocycles. The molecule has 1 amide bonds. The molecule has 1 aromatic carbocycles. The third kappa shape index (κ3) is 4.97. The smallest absolute Gasteiger partial charge is 0.336 e. The number of nitrogens with zero attached hydrogens (tertiary/aromatic N) is 2. The number of fused-ring (bicyclic) bond motifs is 1. The Morgan fingerprint density at radius 1 is 1.28 bits per heavy atom. The Morgan fingerprint density at radius 2 is 2.00 bits per heavy atom. The fourth-order valence-corrected chi connectivity index (χ4v) is 4.10. The third-order valence-electron chi connectivity index (χ3n) is 5.71. The molecule has 29 heavy (non-hydrogen) atoms. The summed E-state index contributed by atoms with van der Waals surface area (Å²) in [5.74, 6) is 0.418. The molecule has 1 aliphatic rings. The molecule has 0 saturated carbocycles. The first-order chi connectivity index (χ1) is 13.9. The Hall–Kier alpha value is -2.38. The van der Waals surface area contributed by atoms with Gasteiger partial charge in [0.2, 0.25) is 0 Å². The first kappa shape index (κ1) is 21.3. The van der Waals surface area contributed by atoms with Crippen molar-refractivity contribution >= 4 is 16.9 Å². The average Bonchev–Trinajstić information content (AvgIpc) is 2.71. The number of ether oxygens (including phenoxy) is 1. The molecule has 7 nitrogen and oxygen atoms in total. The van der Waals surface area contributed by atoms with Crippen LogP contribution in [0.2, 0.25) is 0 Å². The van der Waals surface area contributed by atoms with Gasteiger partial charge in [-0.15, -0.1) is 0 Å². The fraction of sp³-hybridized carbons (Fsp3) is 0.545. The monoisotopic (exact) mass is 402 g/mol. The van der Waals surface area contributed by atoms with E-state index in [1.54, 1.807) is 17.0 Å². The van der Waals surface area contributed by atoms with Gasteiger partial charge in [-0.2, -0.15) is 0 Å². The van der Waals surface area contributed by atoms with E-state index in [-0.39, 0.29) is 30.2 Å². The summed E-state index contributed by atoms with van der Waals surface area (Å²) in [6.45, 7) is 4.09. The molecule has 2 aromatic rings. The van der Waals surface area contributed by atoms with Gasteiger partial charge in [-0.1, -0.05) is 6.92 Å². The summed E-state index contributed by atoms with van der Waals surface area (Å²) >= 11 is 0. The summed E-state index contributed by atoms with van der Waals surface area (Å²) in [5, 5.41) is 10.7. The maximum Gasteiger partial charge on any atom is 0.336 e. The van der Waals surface area contributed by atoms with Gasteiger partial charge in [-0.05, 0) is 51.1 Å². The number of hydrogen-bond donors (Lipinski definition) is 1. The Bertz CT molecular complexity index is 913. The minimum absolute atomic E-state index is 0.0665. The second-order valence-electron chi connectivity index (χ2n) is 8.17. The zero-order valence-corrected chi connectivity index (χ0v) is 17.4. The second-order valence-corrected chi connectivity index (χ2v) is 8.17. The second kappa shape index (κ2) is 8.97. The zero-order valence-electron chi connectivity index (χ0n) is 17.4. The zero-order chi connectivity index (χ0) is 21.0. The van der Waals surface area contributed by atoms with E-state index in [9.17, 15) is 14.7 Å². The van der Waals surface area contributed by atoms with Crippen molar-refractivity contribution in [2.45, 2.75) is 26.2 Å². The minimum Gasteiger partial charge on any atom is -0.484 e. The highest BCUT2D eigenvalue weighted by atomic mass is 16.5. The lowest BCUT2D eigenvalue weighted by atomic mass is 9.78. The highest BCUT2D eigenvalue weighted by Gasteiger charge is 2.35. The van der Waals surface area contributed by atoms with Gasteiger partial charge < -0.3 is 24.1 Å².